The quantitative estimate of drug-likeness (QED) is 0.600. The van der Waals surface area contributed by atoms with Crippen LogP contribution >= 0.6 is 0 Å². The van der Waals surface area contributed by atoms with E-state index in [0.29, 0.717) is 5.56 Å². The number of benzene rings is 2. The van der Waals surface area contributed by atoms with Crippen LogP contribution in [0.2, 0.25) is 0 Å². The summed E-state index contributed by atoms with van der Waals surface area (Å²) in [6.07, 6.45) is 0.233. The third kappa shape index (κ3) is 7.05. The van der Waals surface area contributed by atoms with Crippen molar-refractivity contribution < 1.29 is 28.7 Å². The molecule has 8 nitrogen and oxygen atoms in total. The number of amides is 2. The third-order valence-corrected chi connectivity index (χ3v) is 4.19. The van der Waals surface area contributed by atoms with E-state index in [1.54, 1.807) is 30.3 Å². The zero-order valence-corrected chi connectivity index (χ0v) is 16.8. The maximum atomic E-state index is 12.2. The molecule has 0 aromatic heterocycles. The van der Waals surface area contributed by atoms with E-state index < -0.39 is 42.4 Å². The molecule has 0 fully saturated rings. The molecule has 158 valence electrons. The average molecular weight is 412 g/mol. The minimum atomic E-state index is -0.953. The van der Waals surface area contributed by atoms with Gasteiger partial charge in [0.05, 0.1) is 7.11 Å². The van der Waals surface area contributed by atoms with Crippen molar-refractivity contribution in [3.8, 4) is 0 Å². The van der Waals surface area contributed by atoms with Crippen LogP contribution in [0.4, 0.5) is 0 Å². The summed E-state index contributed by atoms with van der Waals surface area (Å²) in [7, 11) is 1.23. The lowest BCUT2D eigenvalue weighted by Gasteiger charge is -2.17. The molecule has 2 amide bonds. The van der Waals surface area contributed by atoms with E-state index in [9.17, 15) is 19.2 Å². The Morgan fingerprint density at radius 3 is 2.07 bits per heavy atom. The summed E-state index contributed by atoms with van der Waals surface area (Å²) in [6.45, 7) is 0.862. The van der Waals surface area contributed by atoms with Crippen molar-refractivity contribution in [1.82, 2.24) is 10.6 Å². The number of esters is 2. The van der Waals surface area contributed by atoms with Crippen molar-refractivity contribution >= 4 is 23.8 Å². The predicted octanol–water partition coefficient (Wildman–Crippen LogP) is 1.25. The van der Waals surface area contributed by atoms with Crippen LogP contribution < -0.4 is 10.6 Å². The number of hydrogen-bond donors (Lipinski definition) is 2. The Labute approximate surface area is 174 Å². The molecule has 30 heavy (non-hydrogen) atoms. The van der Waals surface area contributed by atoms with Gasteiger partial charge in [0.15, 0.2) is 6.61 Å². The number of nitrogens with one attached hydrogen (secondary N) is 2. The smallest absolute Gasteiger partial charge is 0.328 e. The highest BCUT2D eigenvalue weighted by Gasteiger charge is 2.24. The summed E-state index contributed by atoms with van der Waals surface area (Å²) < 4.78 is 9.68. The van der Waals surface area contributed by atoms with Crippen LogP contribution in [0.5, 0.6) is 0 Å². The van der Waals surface area contributed by atoms with Crippen molar-refractivity contribution in [2.24, 2.45) is 0 Å². The molecular weight excluding hydrogens is 388 g/mol. The Balaban J connectivity index is 1.84. The van der Waals surface area contributed by atoms with E-state index in [1.807, 2.05) is 30.3 Å². The van der Waals surface area contributed by atoms with E-state index in [0.717, 1.165) is 5.56 Å². The summed E-state index contributed by atoms with van der Waals surface area (Å²) in [4.78, 5) is 48.3. The summed E-state index contributed by atoms with van der Waals surface area (Å²) >= 11 is 0. The van der Waals surface area contributed by atoms with Crippen LogP contribution in [-0.2, 0) is 30.3 Å². The Hall–Kier alpha value is -3.68. The molecule has 0 saturated carbocycles. The van der Waals surface area contributed by atoms with E-state index >= 15 is 0 Å². The topological polar surface area (TPSA) is 111 Å². The fourth-order valence-corrected chi connectivity index (χ4v) is 2.61. The van der Waals surface area contributed by atoms with Gasteiger partial charge < -0.3 is 20.1 Å². The van der Waals surface area contributed by atoms with Crippen LogP contribution in [-0.4, -0.2) is 49.6 Å². The molecule has 0 aliphatic rings. The van der Waals surface area contributed by atoms with Crippen molar-refractivity contribution in [3.05, 3.63) is 71.8 Å². The molecule has 8 heteroatoms. The molecule has 0 bridgehead atoms. The standard InChI is InChI=1S/C22H24N2O6/c1-15(23-20(26)17-11-7-4-8-12-17)21(27)30-14-19(25)24-18(22(28)29-2)13-16-9-5-3-6-10-16/h3-12,15,18H,13-14H2,1-2H3,(H,23,26)(H,24,25)/t15-,18+/m1/s1. The van der Waals surface area contributed by atoms with E-state index in [1.165, 1.54) is 14.0 Å². The van der Waals surface area contributed by atoms with Gasteiger partial charge >= 0.3 is 11.9 Å². The first-order valence-electron chi connectivity index (χ1n) is 9.34. The number of carbonyl (C=O) groups is 4. The van der Waals surface area contributed by atoms with Crippen molar-refractivity contribution in [2.45, 2.75) is 25.4 Å². The normalized spacial score (nSPS) is 12.2. The molecule has 2 rings (SSSR count). The largest absolute Gasteiger partial charge is 0.467 e. The first-order chi connectivity index (χ1) is 14.4. The molecule has 2 atom stereocenters. The van der Waals surface area contributed by atoms with Crippen LogP contribution in [0.15, 0.2) is 60.7 Å². The van der Waals surface area contributed by atoms with E-state index in [4.69, 9.17) is 9.47 Å². The minimum absolute atomic E-state index is 0.233. The lowest BCUT2D eigenvalue weighted by molar-refractivity contribution is -0.151. The van der Waals surface area contributed by atoms with Gasteiger partial charge in [-0.25, -0.2) is 9.59 Å². The van der Waals surface area contributed by atoms with Gasteiger partial charge in [0, 0.05) is 12.0 Å². The first kappa shape index (κ1) is 22.6. The molecule has 0 heterocycles. The molecule has 2 N–H and O–H groups in total. The highest BCUT2D eigenvalue weighted by atomic mass is 16.5. The van der Waals surface area contributed by atoms with Gasteiger partial charge in [-0.15, -0.1) is 0 Å². The van der Waals surface area contributed by atoms with Gasteiger partial charge in [0.1, 0.15) is 12.1 Å². The maximum absolute atomic E-state index is 12.2. The number of hydrogen-bond acceptors (Lipinski definition) is 6. The lowest BCUT2D eigenvalue weighted by atomic mass is 10.1. The third-order valence-electron chi connectivity index (χ3n) is 4.19. The highest BCUT2D eigenvalue weighted by Crippen LogP contribution is 2.05. The van der Waals surface area contributed by atoms with Crippen LogP contribution in [0, 0.1) is 0 Å². The second-order valence-corrected chi connectivity index (χ2v) is 6.50. The SMILES string of the molecule is COC(=O)[C@H](Cc1ccccc1)NC(=O)COC(=O)[C@@H](C)NC(=O)c1ccccc1. The van der Waals surface area contributed by atoms with Crippen molar-refractivity contribution in [3.63, 3.8) is 0 Å². The zero-order valence-electron chi connectivity index (χ0n) is 16.8. The molecule has 0 unspecified atom stereocenters. The van der Waals surface area contributed by atoms with Gasteiger partial charge in [0.25, 0.3) is 11.8 Å². The van der Waals surface area contributed by atoms with Gasteiger partial charge in [-0.2, -0.15) is 0 Å². The molecule has 0 aliphatic heterocycles. The van der Waals surface area contributed by atoms with Crippen LogP contribution in [0.1, 0.15) is 22.8 Å². The lowest BCUT2D eigenvalue weighted by Crippen LogP contribution is -2.46. The van der Waals surface area contributed by atoms with Gasteiger partial charge in [0.2, 0.25) is 0 Å². The Morgan fingerprint density at radius 2 is 1.47 bits per heavy atom. The summed E-state index contributed by atoms with van der Waals surface area (Å²) in [5.41, 5.74) is 1.24. The van der Waals surface area contributed by atoms with E-state index in [-0.39, 0.29) is 6.42 Å². The van der Waals surface area contributed by atoms with Crippen molar-refractivity contribution in [2.75, 3.05) is 13.7 Å². The summed E-state index contributed by atoms with van der Waals surface area (Å²) in [5.74, 6) is -2.47. The van der Waals surface area contributed by atoms with Crippen molar-refractivity contribution in [1.29, 1.82) is 0 Å². The first-order valence-corrected chi connectivity index (χ1v) is 9.34. The molecule has 0 radical (unpaired) electrons. The molecule has 0 spiro atoms. The Kier molecular flexibility index (Phi) is 8.56. The number of ether oxygens (including phenoxy) is 2. The fourth-order valence-electron chi connectivity index (χ4n) is 2.61. The van der Waals surface area contributed by atoms with Gasteiger partial charge in [-0.1, -0.05) is 48.5 Å². The zero-order chi connectivity index (χ0) is 21.9. The number of carbonyl (C=O) groups excluding carboxylic acids is 4. The van der Waals surface area contributed by atoms with Crippen LogP contribution in [0.3, 0.4) is 0 Å². The minimum Gasteiger partial charge on any atom is -0.467 e. The Morgan fingerprint density at radius 1 is 0.867 bits per heavy atom. The molecule has 0 saturated heterocycles. The number of methoxy groups -OCH3 is 1. The highest BCUT2D eigenvalue weighted by molar-refractivity contribution is 5.96. The van der Waals surface area contributed by atoms with E-state index in [2.05, 4.69) is 10.6 Å². The number of rotatable bonds is 9. The molecular formula is C22H24N2O6. The van der Waals surface area contributed by atoms with Gasteiger partial charge in [-0.05, 0) is 24.6 Å². The summed E-state index contributed by atoms with van der Waals surface area (Å²) in [6, 6.07) is 15.6. The average Bonchev–Trinajstić information content (AvgIpc) is 2.77. The second kappa shape index (κ2) is 11.4. The molecule has 2 aromatic rings. The molecule has 0 aliphatic carbocycles. The predicted molar refractivity (Wildman–Crippen MR) is 108 cm³/mol. The summed E-state index contributed by atoms with van der Waals surface area (Å²) in [5, 5.41) is 5.00. The fraction of sp³-hybridized carbons (Fsp3) is 0.273. The monoisotopic (exact) mass is 412 g/mol. The Bertz CT molecular complexity index is 870. The molecule has 2 aromatic carbocycles. The second-order valence-electron chi connectivity index (χ2n) is 6.50. The van der Waals surface area contributed by atoms with Crippen LogP contribution in [0.25, 0.3) is 0 Å². The maximum Gasteiger partial charge on any atom is 0.328 e. The van der Waals surface area contributed by atoms with Gasteiger partial charge in [-0.3, -0.25) is 9.59 Å².